The van der Waals surface area contributed by atoms with Gasteiger partial charge >= 0.3 is 0 Å². The van der Waals surface area contributed by atoms with E-state index in [1.165, 1.54) is 0 Å². The van der Waals surface area contributed by atoms with Crippen molar-refractivity contribution >= 4 is 23.4 Å². The minimum atomic E-state index is -0.408. The molecule has 0 bridgehead atoms. The number of benzene rings is 2. The molecule has 2 rings (SSSR count). The molecule has 0 aliphatic carbocycles. The van der Waals surface area contributed by atoms with Crippen LogP contribution in [0.2, 0.25) is 5.02 Å². The van der Waals surface area contributed by atoms with Gasteiger partial charge in [0.2, 0.25) is 5.91 Å². The molecular weight excluding hydrogens is 316 g/mol. The third kappa shape index (κ3) is 5.64. The number of aryl methyl sites for hydroxylation is 1. The highest BCUT2D eigenvalue weighted by Crippen LogP contribution is 2.11. The summed E-state index contributed by atoms with van der Waals surface area (Å²) >= 11 is 5.74. The SMILES string of the molecule is Cc1ccc(OCCC(=O)NNC(=O)c2ccc(Cl)cc2)cc1. The molecule has 0 fully saturated rings. The fourth-order valence-corrected chi connectivity index (χ4v) is 1.88. The molecule has 0 radical (unpaired) electrons. The van der Waals surface area contributed by atoms with Crippen molar-refractivity contribution in [3.05, 3.63) is 64.7 Å². The van der Waals surface area contributed by atoms with Gasteiger partial charge in [-0.1, -0.05) is 29.3 Å². The van der Waals surface area contributed by atoms with E-state index in [4.69, 9.17) is 16.3 Å². The molecule has 6 heteroatoms. The van der Waals surface area contributed by atoms with Crippen molar-refractivity contribution < 1.29 is 14.3 Å². The molecular formula is C17H17ClN2O3. The zero-order chi connectivity index (χ0) is 16.7. The molecule has 0 aromatic heterocycles. The van der Waals surface area contributed by atoms with Gasteiger partial charge in [0.05, 0.1) is 13.0 Å². The predicted octanol–water partition coefficient (Wildman–Crippen LogP) is 2.88. The summed E-state index contributed by atoms with van der Waals surface area (Å²) in [5.74, 6) is -0.0394. The first-order chi connectivity index (χ1) is 11.0. The molecule has 2 amide bonds. The number of halogens is 1. The Bertz CT molecular complexity index is 669. The highest BCUT2D eigenvalue weighted by molar-refractivity contribution is 6.30. The number of nitrogens with one attached hydrogen (secondary N) is 2. The Balaban J connectivity index is 1.69. The van der Waals surface area contributed by atoms with Crippen LogP contribution in [0.1, 0.15) is 22.3 Å². The quantitative estimate of drug-likeness (QED) is 0.827. The van der Waals surface area contributed by atoms with Gasteiger partial charge in [0.15, 0.2) is 0 Å². The summed E-state index contributed by atoms with van der Waals surface area (Å²) < 4.78 is 5.45. The Morgan fingerprint density at radius 3 is 2.30 bits per heavy atom. The molecule has 0 unspecified atom stereocenters. The Labute approximate surface area is 139 Å². The molecule has 0 heterocycles. The van der Waals surface area contributed by atoms with Crippen LogP contribution in [0.4, 0.5) is 0 Å². The van der Waals surface area contributed by atoms with E-state index in [2.05, 4.69) is 10.9 Å². The number of hydrazine groups is 1. The molecule has 5 nitrogen and oxygen atoms in total. The number of carbonyl (C=O) groups excluding carboxylic acids is 2. The van der Waals surface area contributed by atoms with Crippen LogP contribution in [0, 0.1) is 6.92 Å². The highest BCUT2D eigenvalue weighted by Gasteiger charge is 2.07. The monoisotopic (exact) mass is 332 g/mol. The summed E-state index contributed by atoms with van der Waals surface area (Å²) in [6, 6.07) is 13.9. The maximum absolute atomic E-state index is 11.8. The Morgan fingerprint density at radius 2 is 1.65 bits per heavy atom. The smallest absolute Gasteiger partial charge is 0.269 e. The summed E-state index contributed by atoms with van der Waals surface area (Å²) in [4.78, 5) is 23.4. The predicted molar refractivity (Wildman–Crippen MR) is 88.4 cm³/mol. The van der Waals surface area contributed by atoms with Gasteiger partial charge in [-0.25, -0.2) is 0 Å². The van der Waals surface area contributed by atoms with Gasteiger partial charge in [-0.2, -0.15) is 0 Å². The lowest BCUT2D eigenvalue weighted by atomic mass is 10.2. The zero-order valence-electron chi connectivity index (χ0n) is 12.6. The summed E-state index contributed by atoms with van der Waals surface area (Å²) in [7, 11) is 0. The second-order valence-corrected chi connectivity index (χ2v) is 5.36. The topological polar surface area (TPSA) is 67.4 Å². The standard InChI is InChI=1S/C17H17ClN2O3/c1-12-2-8-15(9-3-12)23-11-10-16(21)19-20-17(22)13-4-6-14(18)7-5-13/h2-9H,10-11H2,1H3,(H,19,21)(H,20,22). The maximum atomic E-state index is 11.8. The molecule has 23 heavy (non-hydrogen) atoms. The van der Waals surface area contributed by atoms with Crippen molar-refractivity contribution in [3.8, 4) is 5.75 Å². The summed E-state index contributed by atoms with van der Waals surface area (Å²) in [5, 5.41) is 0.541. The van der Waals surface area contributed by atoms with Gasteiger partial charge in [-0.15, -0.1) is 0 Å². The summed E-state index contributed by atoms with van der Waals surface area (Å²) in [5.41, 5.74) is 6.22. The van der Waals surface area contributed by atoms with E-state index in [-0.39, 0.29) is 18.9 Å². The lowest BCUT2D eigenvalue weighted by molar-refractivity contribution is -0.122. The van der Waals surface area contributed by atoms with E-state index in [0.29, 0.717) is 16.3 Å². The number of hydrogen-bond donors (Lipinski definition) is 2. The van der Waals surface area contributed by atoms with Gasteiger partial charge in [0.1, 0.15) is 5.75 Å². The normalized spacial score (nSPS) is 10.0. The van der Waals surface area contributed by atoms with Crippen LogP contribution >= 0.6 is 11.6 Å². The number of carbonyl (C=O) groups is 2. The molecule has 0 saturated heterocycles. The molecule has 2 N–H and O–H groups in total. The number of rotatable bonds is 5. The van der Waals surface area contributed by atoms with Crippen molar-refractivity contribution in [1.29, 1.82) is 0 Å². The largest absolute Gasteiger partial charge is 0.493 e. The van der Waals surface area contributed by atoms with Crippen LogP contribution in [0.25, 0.3) is 0 Å². The fraction of sp³-hybridized carbons (Fsp3) is 0.176. The molecule has 0 saturated carbocycles. The number of amides is 2. The summed E-state index contributed by atoms with van der Waals surface area (Å²) in [6.07, 6.45) is 0.134. The third-order valence-corrected chi connectivity index (χ3v) is 3.29. The van der Waals surface area contributed by atoms with E-state index in [1.54, 1.807) is 24.3 Å². The van der Waals surface area contributed by atoms with E-state index in [9.17, 15) is 9.59 Å². The van der Waals surface area contributed by atoms with Crippen LogP contribution < -0.4 is 15.6 Å². The molecule has 2 aromatic rings. The van der Waals surface area contributed by atoms with E-state index >= 15 is 0 Å². The molecule has 0 atom stereocenters. The average molecular weight is 333 g/mol. The van der Waals surface area contributed by atoms with Gasteiger partial charge in [-0.05, 0) is 43.3 Å². The molecule has 0 aliphatic rings. The molecule has 120 valence electrons. The molecule has 2 aromatic carbocycles. The second-order valence-electron chi connectivity index (χ2n) is 4.92. The third-order valence-electron chi connectivity index (χ3n) is 3.04. The second kappa shape index (κ2) is 8.19. The lowest BCUT2D eigenvalue weighted by Gasteiger charge is -2.09. The van der Waals surface area contributed by atoms with Crippen molar-refractivity contribution in [2.24, 2.45) is 0 Å². The molecule has 0 aliphatic heterocycles. The van der Waals surface area contributed by atoms with E-state index in [0.717, 1.165) is 5.56 Å². The first-order valence-electron chi connectivity index (χ1n) is 7.09. The minimum Gasteiger partial charge on any atom is -0.493 e. The molecule has 0 spiro atoms. The maximum Gasteiger partial charge on any atom is 0.269 e. The van der Waals surface area contributed by atoms with Crippen LogP contribution in [0.3, 0.4) is 0 Å². The van der Waals surface area contributed by atoms with Gasteiger partial charge in [0, 0.05) is 10.6 Å². The van der Waals surface area contributed by atoms with Crippen LogP contribution in [-0.4, -0.2) is 18.4 Å². The lowest BCUT2D eigenvalue weighted by Crippen LogP contribution is -2.42. The van der Waals surface area contributed by atoms with Crippen molar-refractivity contribution in [2.45, 2.75) is 13.3 Å². The van der Waals surface area contributed by atoms with Gasteiger partial charge < -0.3 is 4.74 Å². The number of hydrogen-bond acceptors (Lipinski definition) is 3. The van der Waals surface area contributed by atoms with E-state index < -0.39 is 5.91 Å². The first-order valence-corrected chi connectivity index (χ1v) is 7.46. The van der Waals surface area contributed by atoms with Crippen LogP contribution in [0.15, 0.2) is 48.5 Å². The Morgan fingerprint density at radius 1 is 1.00 bits per heavy atom. The first kappa shape index (κ1) is 16.8. The van der Waals surface area contributed by atoms with Gasteiger partial charge in [0.25, 0.3) is 5.91 Å². The Hall–Kier alpha value is -2.53. The highest BCUT2D eigenvalue weighted by atomic mass is 35.5. The minimum absolute atomic E-state index is 0.134. The average Bonchev–Trinajstić information content (AvgIpc) is 2.55. The van der Waals surface area contributed by atoms with Crippen molar-refractivity contribution in [1.82, 2.24) is 10.9 Å². The Kier molecular flexibility index (Phi) is 6.00. The van der Waals surface area contributed by atoms with Crippen molar-refractivity contribution in [3.63, 3.8) is 0 Å². The van der Waals surface area contributed by atoms with Gasteiger partial charge in [-0.3, -0.25) is 20.4 Å². The van der Waals surface area contributed by atoms with Crippen LogP contribution in [0.5, 0.6) is 5.75 Å². The number of ether oxygens (including phenoxy) is 1. The fourth-order valence-electron chi connectivity index (χ4n) is 1.76. The van der Waals surface area contributed by atoms with Crippen LogP contribution in [-0.2, 0) is 4.79 Å². The zero-order valence-corrected chi connectivity index (χ0v) is 13.4. The summed E-state index contributed by atoms with van der Waals surface area (Å²) in [6.45, 7) is 2.21. The van der Waals surface area contributed by atoms with Crippen molar-refractivity contribution in [2.75, 3.05) is 6.61 Å². The van der Waals surface area contributed by atoms with E-state index in [1.807, 2.05) is 31.2 Å².